The zero-order valence-corrected chi connectivity index (χ0v) is 8.55. The van der Waals surface area contributed by atoms with E-state index in [4.69, 9.17) is 0 Å². The lowest BCUT2D eigenvalue weighted by molar-refractivity contribution is -0.109. The standard InChI is InChI=1S/C10H10FNOS/c1-8(13)14-7-3-5-9-4-2-6-10(11)12-9/h2-6H,7H2,1H3. The molecule has 0 saturated carbocycles. The summed E-state index contributed by atoms with van der Waals surface area (Å²) in [6.07, 6.45) is 3.48. The Morgan fingerprint density at radius 2 is 2.43 bits per heavy atom. The van der Waals surface area contributed by atoms with Crippen molar-refractivity contribution < 1.29 is 9.18 Å². The Kier molecular flexibility index (Phi) is 4.32. The molecule has 0 aliphatic carbocycles. The predicted molar refractivity (Wildman–Crippen MR) is 56.4 cm³/mol. The highest BCUT2D eigenvalue weighted by Gasteiger charge is 1.92. The fourth-order valence-electron chi connectivity index (χ4n) is 0.851. The first-order chi connectivity index (χ1) is 6.68. The summed E-state index contributed by atoms with van der Waals surface area (Å²) in [5.74, 6) is 0.0967. The summed E-state index contributed by atoms with van der Waals surface area (Å²) < 4.78 is 12.6. The lowest BCUT2D eigenvalue weighted by Crippen LogP contribution is -1.85. The molecule has 1 aromatic rings. The number of hydrogen-bond acceptors (Lipinski definition) is 3. The zero-order valence-electron chi connectivity index (χ0n) is 7.74. The number of carbonyl (C=O) groups is 1. The Morgan fingerprint density at radius 3 is 3.07 bits per heavy atom. The van der Waals surface area contributed by atoms with Crippen LogP contribution in [-0.4, -0.2) is 15.9 Å². The highest BCUT2D eigenvalue weighted by atomic mass is 32.2. The molecule has 0 amide bonds. The molecule has 0 bridgehead atoms. The van der Waals surface area contributed by atoms with Crippen molar-refractivity contribution in [2.24, 2.45) is 0 Å². The first-order valence-corrected chi connectivity index (χ1v) is 5.09. The molecule has 4 heteroatoms. The van der Waals surface area contributed by atoms with E-state index in [1.807, 2.05) is 0 Å². The van der Waals surface area contributed by atoms with E-state index >= 15 is 0 Å². The van der Waals surface area contributed by atoms with Crippen LogP contribution >= 0.6 is 11.8 Å². The fourth-order valence-corrected chi connectivity index (χ4v) is 1.28. The van der Waals surface area contributed by atoms with Gasteiger partial charge in [-0.1, -0.05) is 23.9 Å². The molecule has 0 radical (unpaired) electrons. The van der Waals surface area contributed by atoms with E-state index in [0.29, 0.717) is 11.4 Å². The molecule has 2 nitrogen and oxygen atoms in total. The molecule has 0 unspecified atom stereocenters. The molecule has 1 heterocycles. The van der Waals surface area contributed by atoms with Crippen molar-refractivity contribution in [2.75, 3.05) is 5.75 Å². The van der Waals surface area contributed by atoms with Crippen molar-refractivity contribution in [3.8, 4) is 0 Å². The summed E-state index contributed by atoms with van der Waals surface area (Å²) in [6, 6.07) is 4.60. The second kappa shape index (κ2) is 5.54. The minimum absolute atomic E-state index is 0.0712. The van der Waals surface area contributed by atoms with Gasteiger partial charge in [0.2, 0.25) is 5.95 Å². The molecular formula is C10H10FNOS. The van der Waals surface area contributed by atoms with Crippen LogP contribution in [0.15, 0.2) is 24.3 Å². The number of hydrogen-bond donors (Lipinski definition) is 0. The zero-order chi connectivity index (χ0) is 10.4. The van der Waals surface area contributed by atoms with Gasteiger partial charge < -0.3 is 0 Å². The van der Waals surface area contributed by atoms with Gasteiger partial charge in [-0.3, -0.25) is 4.79 Å². The first kappa shape index (κ1) is 10.9. The molecule has 74 valence electrons. The molecule has 0 N–H and O–H groups in total. The normalized spacial score (nSPS) is 10.7. The molecule has 0 aliphatic heterocycles. The molecule has 14 heavy (non-hydrogen) atoms. The van der Waals surface area contributed by atoms with Gasteiger partial charge in [0.15, 0.2) is 5.12 Å². The Morgan fingerprint density at radius 1 is 1.64 bits per heavy atom. The molecule has 0 saturated heterocycles. The van der Waals surface area contributed by atoms with E-state index < -0.39 is 5.95 Å². The second-order valence-electron chi connectivity index (χ2n) is 2.59. The predicted octanol–water partition coefficient (Wildman–Crippen LogP) is 2.51. The third-order valence-electron chi connectivity index (χ3n) is 1.41. The molecule has 0 spiro atoms. The topological polar surface area (TPSA) is 30.0 Å². The van der Waals surface area contributed by atoms with Crippen molar-refractivity contribution in [1.82, 2.24) is 4.98 Å². The van der Waals surface area contributed by atoms with Gasteiger partial charge in [-0.05, 0) is 18.2 Å². The quantitative estimate of drug-likeness (QED) is 0.719. The number of aromatic nitrogens is 1. The van der Waals surface area contributed by atoms with Gasteiger partial charge in [-0.2, -0.15) is 4.39 Å². The van der Waals surface area contributed by atoms with E-state index in [0.717, 1.165) is 0 Å². The highest BCUT2D eigenvalue weighted by molar-refractivity contribution is 8.13. The Labute approximate surface area is 86.2 Å². The summed E-state index contributed by atoms with van der Waals surface area (Å²) >= 11 is 1.21. The number of nitrogens with zero attached hydrogens (tertiary/aromatic N) is 1. The van der Waals surface area contributed by atoms with E-state index in [-0.39, 0.29) is 5.12 Å². The maximum atomic E-state index is 12.6. The average Bonchev–Trinajstić information content (AvgIpc) is 2.12. The lowest BCUT2D eigenvalue weighted by atomic mass is 10.3. The lowest BCUT2D eigenvalue weighted by Gasteiger charge is -1.92. The van der Waals surface area contributed by atoms with Crippen LogP contribution in [0.4, 0.5) is 4.39 Å². The third-order valence-corrected chi connectivity index (χ3v) is 2.17. The van der Waals surface area contributed by atoms with Crippen LogP contribution < -0.4 is 0 Å². The maximum absolute atomic E-state index is 12.6. The molecule has 0 aliphatic rings. The number of pyridine rings is 1. The summed E-state index contributed by atoms with van der Waals surface area (Å²) in [5.41, 5.74) is 0.564. The third kappa shape index (κ3) is 4.18. The van der Waals surface area contributed by atoms with Crippen LogP contribution in [0.25, 0.3) is 6.08 Å². The summed E-state index contributed by atoms with van der Waals surface area (Å²) in [4.78, 5) is 14.2. The van der Waals surface area contributed by atoms with Crippen LogP contribution in [0, 0.1) is 5.95 Å². The SMILES string of the molecule is CC(=O)SCC=Cc1cccc(F)n1. The van der Waals surface area contributed by atoms with Crippen LogP contribution in [-0.2, 0) is 4.79 Å². The van der Waals surface area contributed by atoms with E-state index in [2.05, 4.69) is 4.98 Å². The van der Waals surface area contributed by atoms with E-state index in [1.165, 1.54) is 24.8 Å². The van der Waals surface area contributed by atoms with Crippen LogP contribution in [0.1, 0.15) is 12.6 Å². The molecular weight excluding hydrogens is 201 g/mol. The summed E-state index contributed by atoms with van der Waals surface area (Å²) in [6.45, 7) is 1.51. The molecule has 0 fully saturated rings. The van der Waals surface area contributed by atoms with Gasteiger partial charge in [0.25, 0.3) is 0 Å². The van der Waals surface area contributed by atoms with Crippen molar-refractivity contribution in [3.05, 3.63) is 35.9 Å². The van der Waals surface area contributed by atoms with Gasteiger partial charge in [-0.15, -0.1) is 0 Å². The average molecular weight is 211 g/mol. The number of rotatable bonds is 3. The van der Waals surface area contributed by atoms with Crippen molar-refractivity contribution in [3.63, 3.8) is 0 Å². The minimum atomic E-state index is -0.494. The Bertz CT molecular complexity index is 352. The largest absolute Gasteiger partial charge is 0.288 e. The minimum Gasteiger partial charge on any atom is -0.288 e. The highest BCUT2D eigenvalue weighted by Crippen LogP contribution is 2.04. The monoisotopic (exact) mass is 211 g/mol. The number of halogens is 1. The van der Waals surface area contributed by atoms with Crippen LogP contribution in [0.3, 0.4) is 0 Å². The fraction of sp³-hybridized carbons (Fsp3) is 0.200. The Hall–Kier alpha value is -1.16. The van der Waals surface area contributed by atoms with Gasteiger partial charge in [0.05, 0.1) is 5.69 Å². The molecule has 0 atom stereocenters. The van der Waals surface area contributed by atoms with Gasteiger partial charge >= 0.3 is 0 Å². The Balaban J connectivity index is 2.47. The molecule has 0 aromatic carbocycles. The second-order valence-corrected chi connectivity index (χ2v) is 3.79. The van der Waals surface area contributed by atoms with Crippen LogP contribution in [0.5, 0.6) is 0 Å². The van der Waals surface area contributed by atoms with E-state index in [1.54, 1.807) is 24.3 Å². The van der Waals surface area contributed by atoms with Gasteiger partial charge in [0.1, 0.15) is 0 Å². The molecule has 1 aromatic heterocycles. The van der Waals surface area contributed by atoms with Crippen molar-refractivity contribution in [2.45, 2.75) is 6.92 Å². The maximum Gasteiger partial charge on any atom is 0.213 e. The first-order valence-electron chi connectivity index (χ1n) is 4.11. The smallest absolute Gasteiger partial charge is 0.213 e. The van der Waals surface area contributed by atoms with E-state index in [9.17, 15) is 9.18 Å². The van der Waals surface area contributed by atoms with Crippen molar-refractivity contribution >= 4 is 23.0 Å². The summed E-state index contributed by atoms with van der Waals surface area (Å²) in [5, 5.41) is 0.0712. The number of carbonyl (C=O) groups excluding carboxylic acids is 1. The summed E-state index contributed by atoms with van der Waals surface area (Å²) in [7, 11) is 0. The van der Waals surface area contributed by atoms with Gasteiger partial charge in [0, 0.05) is 12.7 Å². The van der Waals surface area contributed by atoms with Crippen molar-refractivity contribution in [1.29, 1.82) is 0 Å². The number of thioether (sulfide) groups is 1. The van der Waals surface area contributed by atoms with Gasteiger partial charge in [-0.25, -0.2) is 4.98 Å². The van der Waals surface area contributed by atoms with Crippen LogP contribution in [0.2, 0.25) is 0 Å². The molecule has 1 rings (SSSR count).